The second-order valence-corrected chi connectivity index (χ2v) is 9.87. The quantitative estimate of drug-likeness (QED) is 0.359. The van der Waals surface area contributed by atoms with Crippen molar-refractivity contribution in [1.29, 1.82) is 0 Å². The van der Waals surface area contributed by atoms with Gasteiger partial charge in [0, 0.05) is 33.3 Å². The topological polar surface area (TPSA) is 94.3 Å². The van der Waals surface area contributed by atoms with Crippen LogP contribution in [0.25, 0.3) is 0 Å². The van der Waals surface area contributed by atoms with Gasteiger partial charge in [0.05, 0.1) is 15.4 Å². The molecule has 1 rings (SSSR count). The van der Waals surface area contributed by atoms with Crippen LogP contribution in [0.4, 0.5) is 0 Å². The van der Waals surface area contributed by atoms with Gasteiger partial charge < -0.3 is 5.21 Å². The molecule has 0 saturated heterocycles. The first-order valence-electron chi connectivity index (χ1n) is 6.08. The molecule has 0 unspecified atom stereocenters. The van der Waals surface area contributed by atoms with Gasteiger partial charge in [0.15, 0.2) is 31.4 Å². The largest absolute Gasteiger partial charge is 0.623 e. The lowest BCUT2D eigenvalue weighted by Crippen LogP contribution is -2.29. The van der Waals surface area contributed by atoms with Gasteiger partial charge >= 0.3 is 0 Å². The number of rotatable bonds is 3. The molecule has 0 saturated carbocycles. The summed E-state index contributed by atoms with van der Waals surface area (Å²) in [5.41, 5.74) is -0.570. The van der Waals surface area contributed by atoms with Gasteiger partial charge in [-0.15, -0.1) is 0 Å². The zero-order chi connectivity index (χ0) is 16.6. The Kier molecular flexibility index (Phi) is 4.55. The molecule has 8 heteroatoms. The third kappa shape index (κ3) is 4.53. The van der Waals surface area contributed by atoms with Crippen molar-refractivity contribution >= 4 is 25.9 Å². The lowest BCUT2D eigenvalue weighted by atomic mass is 10.1. The van der Waals surface area contributed by atoms with Crippen LogP contribution < -0.4 is 0 Å². The van der Waals surface area contributed by atoms with E-state index < -0.39 is 25.2 Å². The fraction of sp³-hybridized carbons (Fsp3) is 0.462. The molecule has 0 aliphatic heterocycles. The zero-order valence-corrected chi connectivity index (χ0v) is 14.2. The van der Waals surface area contributed by atoms with Crippen molar-refractivity contribution in [2.75, 3.05) is 12.5 Å². The Morgan fingerprint density at radius 2 is 1.57 bits per heavy atom. The summed E-state index contributed by atoms with van der Waals surface area (Å²) in [6.07, 6.45) is 3.12. The molecular weight excluding hydrogens is 314 g/mol. The molecular formula is C13H19NO5S2. The zero-order valence-electron chi connectivity index (χ0n) is 12.6. The summed E-state index contributed by atoms with van der Waals surface area (Å²) < 4.78 is 47.3. The Hall–Kier alpha value is -1.41. The molecule has 0 atom stereocenters. The first-order valence-corrected chi connectivity index (χ1v) is 9.87. The normalized spacial score (nSPS) is 14.2. The molecule has 1 aromatic rings. The van der Waals surface area contributed by atoms with E-state index in [1.165, 1.54) is 12.1 Å². The van der Waals surface area contributed by atoms with Gasteiger partial charge in [0.1, 0.15) is 0 Å². The van der Waals surface area contributed by atoms with Gasteiger partial charge in [-0.25, -0.2) is 21.6 Å². The Balaban J connectivity index is 3.63. The van der Waals surface area contributed by atoms with Crippen molar-refractivity contribution in [3.05, 3.63) is 29.0 Å². The molecule has 0 aliphatic carbocycles. The predicted molar refractivity (Wildman–Crippen MR) is 81.2 cm³/mol. The fourth-order valence-electron chi connectivity index (χ4n) is 1.49. The Morgan fingerprint density at radius 3 is 1.95 bits per heavy atom. The highest BCUT2D eigenvalue weighted by molar-refractivity contribution is 7.91. The smallest absolute Gasteiger partial charge is 0.183 e. The second kappa shape index (κ2) is 5.42. The first kappa shape index (κ1) is 17.6. The van der Waals surface area contributed by atoms with Crippen LogP contribution in [0.5, 0.6) is 0 Å². The highest BCUT2D eigenvalue weighted by Gasteiger charge is 2.22. The fourth-order valence-corrected chi connectivity index (χ4v) is 3.10. The van der Waals surface area contributed by atoms with E-state index in [1.807, 2.05) is 0 Å². The van der Waals surface area contributed by atoms with E-state index in [9.17, 15) is 22.0 Å². The van der Waals surface area contributed by atoms with E-state index in [1.54, 1.807) is 20.8 Å². The van der Waals surface area contributed by atoms with E-state index in [4.69, 9.17) is 0 Å². The van der Waals surface area contributed by atoms with Gasteiger partial charge in [-0.2, -0.15) is 0 Å². The monoisotopic (exact) mass is 333 g/mol. The molecule has 21 heavy (non-hydrogen) atoms. The molecule has 0 fully saturated rings. The number of hydrogen-bond donors (Lipinski definition) is 0. The number of benzene rings is 1. The summed E-state index contributed by atoms with van der Waals surface area (Å²) in [6, 6.07) is 3.68. The van der Waals surface area contributed by atoms with Gasteiger partial charge in [-0.1, -0.05) is 0 Å². The molecule has 1 aromatic carbocycles. The van der Waals surface area contributed by atoms with E-state index in [-0.39, 0.29) is 15.4 Å². The summed E-state index contributed by atoms with van der Waals surface area (Å²) in [7, 11) is -7.20. The third-order valence-corrected chi connectivity index (χ3v) is 4.99. The number of sulfone groups is 2. The van der Waals surface area contributed by atoms with Crippen molar-refractivity contribution in [2.24, 2.45) is 0 Å². The van der Waals surface area contributed by atoms with Crippen LogP contribution in [-0.4, -0.2) is 45.8 Å². The summed E-state index contributed by atoms with van der Waals surface area (Å²) in [5.74, 6) is 0. The molecule has 0 aromatic heterocycles. The van der Waals surface area contributed by atoms with Crippen LogP contribution in [-0.2, 0) is 19.7 Å². The molecule has 6 nitrogen and oxygen atoms in total. The van der Waals surface area contributed by atoms with Crippen LogP contribution in [0.15, 0.2) is 28.0 Å². The molecule has 0 heterocycles. The van der Waals surface area contributed by atoms with Gasteiger partial charge in [0.25, 0.3) is 0 Å². The number of hydrogen-bond acceptors (Lipinski definition) is 5. The second-order valence-electron chi connectivity index (χ2n) is 5.87. The maximum atomic E-state index is 11.9. The molecule has 0 aliphatic rings. The maximum absolute atomic E-state index is 11.9. The number of nitrogens with zero attached hydrogens (tertiary/aromatic N) is 1. The van der Waals surface area contributed by atoms with Crippen LogP contribution in [0.2, 0.25) is 0 Å². The Bertz CT molecular complexity index is 784. The minimum absolute atomic E-state index is 0.103. The summed E-state index contributed by atoms with van der Waals surface area (Å²) in [5, 5.41) is 11.9. The molecule has 0 amide bonds. The van der Waals surface area contributed by atoms with Crippen LogP contribution >= 0.6 is 0 Å². The maximum Gasteiger partial charge on any atom is 0.183 e. The minimum atomic E-state index is -3.67. The van der Waals surface area contributed by atoms with Gasteiger partial charge in [0.2, 0.25) is 0 Å². The average Bonchev–Trinajstić information content (AvgIpc) is 2.25. The molecule has 0 spiro atoms. The van der Waals surface area contributed by atoms with Crippen molar-refractivity contribution in [3.8, 4) is 0 Å². The van der Waals surface area contributed by atoms with Crippen molar-refractivity contribution in [2.45, 2.75) is 36.1 Å². The minimum Gasteiger partial charge on any atom is -0.623 e. The molecule has 118 valence electrons. The van der Waals surface area contributed by atoms with E-state index in [2.05, 4.69) is 0 Å². The number of hydroxylamine groups is 1. The van der Waals surface area contributed by atoms with Crippen molar-refractivity contribution < 1.29 is 21.6 Å². The average molecular weight is 333 g/mol. The SMILES string of the molecule is CC(C)(C)[N+]([O-])=Cc1ccc(S(C)(=O)=O)cc1S(C)(=O)=O. The van der Waals surface area contributed by atoms with Gasteiger partial charge in [-0.3, -0.25) is 0 Å². The third-order valence-electron chi connectivity index (χ3n) is 2.73. The van der Waals surface area contributed by atoms with E-state index in [0.29, 0.717) is 4.74 Å². The highest BCUT2D eigenvalue weighted by atomic mass is 32.2. The van der Waals surface area contributed by atoms with Crippen LogP contribution in [0.3, 0.4) is 0 Å². The molecule has 0 radical (unpaired) electrons. The summed E-state index contributed by atoms with van der Waals surface area (Å²) >= 11 is 0. The first-order chi connectivity index (χ1) is 9.23. The lowest BCUT2D eigenvalue weighted by Gasteiger charge is -2.19. The van der Waals surface area contributed by atoms with E-state index >= 15 is 0 Å². The Morgan fingerprint density at radius 1 is 1.05 bits per heavy atom. The standard InChI is InChI=1S/C13H19NO5S2/c1-13(2,3)14(15)9-10-6-7-11(20(4,16)17)8-12(10)21(5,18)19/h6-9H,1-5H3. The Labute approximate surface area is 125 Å². The highest BCUT2D eigenvalue weighted by Crippen LogP contribution is 2.20. The summed E-state index contributed by atoms with van der Waals surface area (Å²) in [4.78, 5) is -0.288. The van der Waals surface area contributed by atoms with Crippen molar-refractivity contribution in [1.82, 2.24) is 0 Å². The van der Waals surface area contributed by atoms with Crippen molar-refractivity contribution in [3.63, 3.8) is 0 Å². The van der Waals surface area contributed by atoms with Gasteiger partial charge in [-0.05, 0) is 18.2 Å². The lowest BCUT2D eigenvalue weighted by molar-refractivity contribution is -0.530. The molecule has 0 bridgehead atoms. The van der Waals surface area contributed by atoms with Crippen LogP contribution in [0, 0.1) is 5.21 Å². The molecule has 0 N–H and O–H groups in total. The predicted octanol–water partition coefficient (Wildman–Crippen LogP) is 1.22. The van der Waals surface area contributed by atoms with E-state index in [0.717, 1.165) is 24.8 Å². The summed E-state index contributed by atoms with van der Waals surface area (Å²) in [6.45, 7) is 5.05. The van der Waals surface area contributed by atoms with Crippen LogP contribution in [0.1, 0.15) is 26.3 Å².